The minimum atomic E-state index is -4.49. The Labute approximate surface area is 141 Å². The molecule has 134 valence electrons. The first-order valence-electron chi connectivity index (χ1n) is 7.27. The van der Waals surface area contributed by atoms with E-state index in [4.69, 9.17) is 4.42 Å². The molecule has 0 bridgehead atoms. The van der Waals surface area contributed by atoms with Crippen molar-refractivity contribution in [1.29, 1.82) is 0 Å². The summed E-state index contributed by atoms with van der Waals surface area (Å²) in [6, 6.07) is 7.07. The van der Waals surface area contributed by atoms with Crippen molar-refractivity contribution >= 4 is 17.6 Å². The van der Waals surface area contributed by atoms with Crippen LogP contribution in [0.15, 0.2) is 41.0 Å². The molecule has 0 aliphatic heterocycles. The second kappa shape index (κ2) is 7.73. The van der Waals surface area contributed by atoms with E-state index in [1.807, 2.05) is 0 Å². The number of anilines is 1. The summed E-state index contributed by atoms with van der Waals surface area (Å²) < 4.78 is 41.6. The Morgan fingerprint density at radius 1 is 1.16 bits per heavy atom. The number of hydrogen-bond acceptors (Lipinski definition) is 3. The molecule has 0 aliphatic carbocycles. The molecule has 0 saturated carbocycles. The average Bonchev–Trinajstić information content (AvgIpc) is 3.05. The molecule has 0 radical (unpaired) electrons. The lowest BCUT2D eigenvalue weighted by atomic mass is 10.1. The molecule has 0 fully saturated rings. The molecule has 0 unspecified atom stereocenters. The number of furan rings is 1. The standard InChI is InChI=1S/C16H16F3N3O3/c1-10-4-5-11(14(23)21-9-16(17,18)19)7-13(10)22-15(24)20-8-12-3-2-6-25-12/h2-7H,8-9H2,1H3,(H,21,23)(H2,20,22,24). The second-order valence-electron chi connectivity index (χ2n) is 5.21. The van der Waals surface area contributed by atoms with Gasteiger partial charge in [-0.25, -0.2) is 4.79 Å². The maximum atomic E-state index is 12.2. The molecule has 3 amide bonds. The molecule has 0 spiro atoms. The zero-order chi connectivity index (χ0) is 18.4. The van der Waals surface area contributed by atoms with Crippen LogP contribution < -0.4 is 16.0 Å². The first kappa shape index (κ1) is 18.4. The van der Waals surface area contributed by atoms with Crippen LogP contribution in [-0.2, 0) is 6.54 Å². The van der Waals surface area contributed by atoms with Gasteiger partial charge in [-0.15, -0.1) is 0 Å². The number of nitrogens with one attached hydrogen (secondary N) is 3. The second-order valence-corrected chi connectivity index (χ2v) is 5.21. The molecule has 0 aliphatic rings. The molecule has 9 heteroatoms. The van der Waals surface area contributed by atoms with Crippen molar-refractivity contribution in [2.45, 2.75) is 19.6 Å². The number of hydrogen-bond donors (Lipinski definition) is 3. The fourth-order valence-corrected chi connectivity index (χ4v) is 1.93. The smallest absolute Gasteiger partial charge is 0.405 e. The lowest BCUT2D eigenvalue weighted by Gasteiger charge is -2.12. The molecule has 6 nitrogen and oxygen atoms in total. The van der Waals surface area contributed by atoms with Crippen LogP contribution >= 0.6 is 0 Å². The number of carbonyl (C=O) groups is 2. The normalized spacial score (nSPS) is 11.0. The minimum absolute atomic E-state index is 0.0104. The molecular weight excluding hydrogens is 339 g/mol. The molecular formula is C16H16F3N3O3. The largest absolute Gasteiger partial charge is 0.467 e. The lowest BCUT2D eigenvalue weighted by molar-refractivity contribution is -0.123. The zero-order valence-corrected chi connectivity index (χ0v) is 13.2. The fourth-order valence-electron chi connectivity index (χ4n) is 1.93. The quantitative estimate of drug-likeness (QED) is 0.770. The molecule has 0 atom stereocenters. The molecule has 1 aromatic carbocycles. The van der Waals surface area contributed by atoms with Crippen LogP contribution in [0.5, 0.6) is 0 Å². The predicted octanol–water partition coefficient (Wildman–Crippen LogP) is 3.20. The van der Waals surface area contributed by atoms with E-state index < -0.39 is 24.7 Å². The van der Waals surface area contributed by atoms with E-state index in [0.29, 0.717) is 17.0 Å². The van der Waals surface area contributed by atoms with Crippen molar-refractivity contribution in [3.05, 3.63) is 53.5 Å². The Morgan fingerprint density at radius 3 is 2.56 bits per heavy atom. The predicted molar refractivity (Wildman–Crippen MR) is 84.1 cm³/mol. The number of benzene rings is 1. The molecule has 2 aromatic rings. The molecule has 25 heavy (non-hydrogen) atoms. The van der Waals surface area contributed by atoms with E-state index in [0.717, 1.165) is 0 Å². The average molecular weight is 355 g/mol. The van der Waals surface area contributed by atoms with E-state index in [1.54, 1.807) is 24.4 Å². The SMILES string of the molecule is Cc1ccc(C(=O)NCC(F)(F)F)cc1NC(=O)NCc1ccco1. The van der Waals surface area contributed by atoms with Gasteiger partial charge in [-0.3, -0.25) is 4.79 Å². The fraction of sp³-hybridized carbons (Fsp3) is 0.250. The van der Waals surface area contributed by atoms with E-state index in [2.05, 4.69) is 10.6 Å². The summed E-state index contributed by atoms with van der Waals surface area (Å²) in [5.41, 5.74) is 0.980. The lowest BCUT2D eigenvalue weighted by Crippen LogP contribution is -2.33. The number of halogens is 3. The Bertz CT molecular complexity index is 743. The van der Waals surface area contributed by atoms with Crippen LogP contribution in [0.25, 0.3) is 0 Å². The number of rotatable bonds is 5. The zero-order valence-electron chi connectivity index (χ0n) is 13.2. The van der Waals surface area contributed by atoms with Gasteiger partial charge < -0.3 is 20.4 Å². The number of urea groups is 1. The van der Waals surface area contributed by atoms with Crippen molar-refractivity contribution < 1.29 is 27.2 Å². The summed E-state index contributed by atoms with van der Waals surface area (Å²) in [5.74, 6) is -0.316. The van der Waals surface area contributed by atoms with Gasteiger partial charge in [-0.2, -0.15) is 13.2 Å². The van der Waals surface area contributed by atoms with Crippen molar-refractivity contribution in [2.75, 3.05) is 11.9 Å². The Morgan fingerprint density at radius 2 is 1.92 bits per heavy atom. The highest BCUT2D eigenvalue weighted by atomic mass is 19.4. The Balaban J connectivity index is 1.98. The van der Waals surface area contributed by atoms with Gasteiger partial charge in [0.25, 0.3) is 5.91 Å². The number of carbonyl (C=O) groups excluding carboxylic acids is 2. The number of aryl methyl sites for hydroxylation is 1. The molecule has 2 rings (SSSR count). The van der Waals surface area contributed by atoms with Crippen LogP contribution in [0.3, 0.4) is 0 Å². The van der Waals surface area contributed by atoms with Gasteiger partial charge in [0, 0.05) is 11.3 Å². The molecule has 0 saturated heterocycles. The molecule has 1 aromatic heterocycles. The van der Waals surface area contributed by atoms with E-state index in [1.165, 1.54) is 24.5 Å². The monoisotopic (exact) mass is 355 g/mol. The van der Waals surface area contributed by atoms with Crippen molar-refractivity contribution in [2.24, 2.45) is 0 Å². The number of alkyl halides is 3. The van der Waals surface area contributed by atoms with Crippen molar-refractivity contribution in [1.82, 2.24) is 10.6 Å². The summed E-state index contributed by atoms with van der Waals surface area (Å²) >= 11 is 0. The molecule has 1 heterocycles. The summed E-state index contributed by atoms with van der Waals surface area (Å²) in [5, 5.41) is 6.89. The van der Waals surface area contributed by atoms with Crippen LogP contribution in [0.2, 0.25) is 0 Å². The summed E-state index contributed by atoms with van der Waals surface area (Å²) in [6.45, 7) is 0.440. The summed E-state index contributed by atoms with van der Waals surface area (Å²) in [4.78, 5) is 23.7. The summed E-state index contributed by atoms with van der Waals surface area (Å²) in [6.07, 6.45) is -3.02. The topological polar surface area (TPSA) is 83.4 Å². The van der Waals surface area contributed by atoms with Crippen molar-refractivity contribution in [3.8, 4) is 0 Å². The van der Waals surface area contributed by atoms with Crippen molar-refractivity contribution in [3.63, 3.8) is 0 Å². The van der Waals surface area contributed by atoms with E-state index in [9.17, 15) is 22.8 Å². The van der Waals surface area contributed by atoms with Crippen LogP contribution in [-0.4, -0.2) is 24.7 Å². The van der Waals surface area contributed by atoms with Gasteiger partial charge in [-0.05, 0) is 36.8 Å². The van der Waals surface area contributed by atoms with Gasteiger partial charge >= 0.3 is 12.2 Å². The van der Waals surface area contributed by atoms with Crippen LogP contribution in [0.1, 0.15) is 21.7 Å². The maximum Gasteiger partial charge on any atom is 0.405 e. The van der Waals surface area contributed by atoms with Crippen LogP contribution in [0, 0.1) is 6.92 Å². The Hall–Kier alpha value is -2.97. The highest BCUT2D eigenvalue weighted by Crippen LogP contribution is 2.18. The highest BCUT2D eigenvalue weighted by Gasteiger charge is 2.28. The van der Waals surface area contributed by atoms with Gasteiger partial charge in [-0.1, -0.05) is 6.07 Å². The first-order valence-corrected chi connectivity index (χ1v) is 7.27. The van der Waals surface area contributed by atoms with E-state index in [-0.39, 0.29) is 12.1 Å². The third kappa shape index (κ3) is 5.87. The minimum Gasteiger partial charge on any atom is -0.467 e. The highest BCUT2D eigenvalue weighted by molar-refractivity contribution is 5.97. The van der Waals surface area contributed by atoms with Crippen LogP contribution in [0.4, 0.5) is 23.7 Å². The van der Waals surface area contributed by atoms with Gasteiger partial charge in [0.15, 0.2) is 0 Å². The maximum absolute atomic E-state index is 12.2. The van der Waals surface area contributed by atoms with Gasteiger partial charge in [0.2, 0.25) is 0 Å². The van der Waals surface area contributed by atoms with E-state index >= 15 is 0 Å². The van der Waals surface area contributed by atoms with Gasteiger partial charge in [0.05, 0.1) is 12.8 Å². The van der Waals surface area contributed by atoms with Gasteiger partial charge in [0.1, 0.15) is 12.3 Å². The third-order valence-corrected chi connectivity index (χ3v) is 3.20. The third-order valence-electron chi connectivity index (χ3n) is 3.20. The number of amides is 3. The Kier molecular flexibility index (Phi) is 5.68. The summed E-state index contributed by atoms with van der Waals surface area (Å²) in [7, 11) is 0. The molecule has 3 N–H and O–H groups in total. The first-order chi connectivity index (χ1) is 11.7.